The molecular weight excluding hydrogens is 254 g/mol. The van der Waals surface area contributed by atoms with Gasteiger partial charge in [0.15, 0.2) is 0 Å². The second-order valence-corrected chi connectivity index (χ2v) is 5.98. The summed E-state index contributed by atoms with van der Waals surface area (Å²) in [5.74, 6) is 0.853. The summed E-state index contributed by atoms with van der Waals surface area (Å²) in [5.41, 5.74) is 1.84. The summed E-state index contributed by atoms with van der Waals surface area (Å²) in [4.78, 5) is 11.0. The summed E-state index contributed by atoms with van der Waals surface area (Å²) in [5, 5.41) is 17.7. The van der Waals surface area contributed by atoms with E-state index >= 15 is 0 Å². The maximum atomic E-state index is 11.3. The quantitative estimate of drug-likeness (QED) is 0.589. The standard InChI is InChI=1S/C15H21N3O2/c1-2-16-12-4-3-5-13(14(12)18(19)20)17-10-15(8-9-15)11-6-7-11/h3-5,11,16-17H,2,6-10H2,1H3. The van der Waals surface area contributed by atoms with Crippen LogP contribution in [0.25, 0.3) is 0 Å². The van der Waals surface area contributed by atoms with Crippen LogP contribution < -0.4 is 10.6 Å². The first-order chi connectivity index (χ1) is 9.66. The molecule has 0 radical (unpaired) electrons. The molecule has 0 spiro atoms. The van der Waals surface area contributed by atoms with Crippen molar-refractivity contribution in [1.29, 1.82) is 0 Å². The second-order valence-electron chi connectivity index (χ2n) is 5.98. The number of hydrogen-bond donors (Lipinski definition) is 2. The Morgan fingerprint density at radius 1 is 1.30 bits per heavy atom. The van der Waals surface area contributed by atoms with Crippen molar-refractivity contribution in [2.45, 2.75) is 32.6 Å². The van der Waals surface area contributed by atoms with Gasteiger partial charge in [0.1, 0.15) is 11.4 Å². The van der Waals surface area contributed by atoms with Gasteiger partial charge in [-0.1, -0.05) is 6.07 Å². The highest BCUT2D eigenvalue weighted by atomic mass is 16.6. The van der Waals surface area contributed by atoms with Gasteiger partial charge in [-0.15, -0.1) is 0 Å². The molecule has 20 heavy (non-hydrogen) atoms. The van der Waals surface area contributed by atoms with Gasteiger partial charge < -0.3 is 10.6 Å². The van der Waals surface area contributed by atoms with Crippen LogP contribution in [0.4, 0.5) is 17.1 Å². The normalized spacial score (nSPS) is 19.4. The van der Waals surface area contributed by atoms with Gasteiger partial charge in [-0.3, -0.25) is 10.1 Å². The minimum Gasteiger partial charge on any atom is -0.380 e. The zero-order chi connectivity index (χ0) is 14.2. The van der Waals surface area contributed by atoms with Crippen molar-refractivity contribution in [3.8, 4) is 0 Å². The Balaban J connectivity index is 1.77. The van der Waals surface area contributed by atoms with E-state index in [1.807, 2.05) is 19.1 Å². The van der Waals surface area contributed by atoms with Gasteiger partial charge in [-0.25, -0.2) is 0 Å². The van der Waals surface area contributed by atoms with Crippen molar-refractivity contribution < 1.29 is 4.92 Å². The van der Waals surface area contributed by atoms with Crippen LogP contribution in [-0.4, -0.2) is 18.0 Å². The molecular formula is C15H21N3O2. The van der Waals surface area contributed by atoms with Gasteiger partial charge >= 0.3 is 5.69 Å². The first kappa shape index (κ1) is 13.2. The molecule has 0 aromatic heterocycles. The van der Waals surface area contributed by atoms with E-state index in [1.165, 1.54) is 25.7 Å². The number of rotatable bonds is 7. The summed E-state index contributed by atoms with van der Waals surface area (Å²) in [7, 11) is 0. The summed E-state index contributed by atoms with van der Waals surface area (Å²) >= 11 is 0. The molecule has 0 bridgehead atoms. The molecule has 0 atom stereocenters. The van der Waals surface area contributed by atoms with Crippen LogP contribution in [-0.2, 0) is 0 Å². The first-order valence-corrected chi connectivity index (χ1v) is 7.41. The van der Waals surface area contributed by atoms with E-state index in [9.17, 15) is 10.1 Å². The molecule has 108 valence electrons. The van der Waals surface area contributed by atoms with E-state index in [1.54, 1.807) is 6.07 Å². The van der Waals surface area contributed by atoms with E-state index in [0.29, 0.717) is 23.3 Å². The third-order valence-corrected chi connectivity index (χ3v) is 4.55. The molecule has 1 aromatic carbocycles. The molecule has 0 aliphatic heterocycles. The minimum atomic E-state index is -0.295. The fraction of sp³-hybridized carbons (Fsp3) is 0.600. The number of anilines is 2. The Morgan fingerprint density at radius 2 is 1.95 bits per heavy atom. The Morgan fingerprint density at radius 3 is 2.45 bits per heavy atom. The SMILES string of the molecule is CCNc1cccc(NCC2(C3CC3)CC2)c1[N+](=O)[O-]. The monoisotopic (exact) mass is 275 g/mol. The minimum absolute atomic E-state index is 0.168. The van der Waals surface area contributed by atoms with Crippen LogP contribution in [0.15, 0.2) is 18.2 Å². The molecule has 2 N–H and O–H groups in total. The zero-order valence-corrected chi connectivity index (χ0v) is 11.8. The summed E-state index contributed by atoms with van der Waals surface area (Å²) in [6.45, 7) is 3.49. The first-order valence-electron chi connectivity index (χ1n) is 7.41. The number of benzene rings is 1. The fourth-order valence-electron chi connectivity index (χ4n) is 3.07. The lowest BCUT2D eigenvalue weighted by atomic mass is 10.0. The van der Waals surface area contributed by atoms with Gasteiger partial charge in [0.2, 0.25) is 0 Å². The Hall–Kier alpha value is -1.78. The van der Waals surface area contributed by atoms with Crippen LogP contribution in [0.2, 0.25) is 0 Å². The van der Waals surface area contributed by atoms with Crippen LogP contribution >= 0.6 is 0 Å². The van der Waals surface area contributed by atoms with Crippen LogP contribution in [0, 0.1) is 21.4 Å². The van der Waals surface area contributed by atoms with E-state index in [4.69, 9.17) is 0 Å². The Labute approximate surface area is 118 Å². The topological polar surface area (TPSA) is 67.2 Å². The van der Waals surface area contributed by atoms with Gasteiger partial charge in [-0.2, -0.15) is 0 Å². The third kappa shape index (κ3) is 2.44. The van der Waals surface area contributed by atoms with Gasteiger partial charge in [0, 0.05) is 13.1 Å². The highest BCUT2D eigenvalue weighted by molar-refractivity contribution is 5.76. The lowest BCUT2D eigenvalue weighted by molar-refractivity contribution is -0.383. The molecule has 0 unspecified atom stereocenters. The number of nitro groups is 1. The average Bonchev–Trinajstić information content (AvgIpc) is 3.27. The molecule has 2 aliphatic rings. The second kappa shape index (κ2) is 4.96. The number of nitrogens with one attached hydrogen (secondary N) is 2. The molecule has 1 aromatic rings. The van der Waals surface area contributed by atoms with Gasteiger partial charge in [0.05, 0.1) is 4.92 Å². The maximum absolute atomic E-state index is 11.3. The Bertz CT molecular complexity index is 522. The largest absolute Gasteiger partial charge is 0.380 e. The predicted octanol–water partition coefficient (Wildman–Crippen LogP) is 3.63. The van der Waals surface area contributed by atoms with Crippen LogP contribution in [0.5, 0.6) is 0 Å². The fourth-order valence-corrected chi connectivity index (χ4v) is 3.07. The van der Waals surface area contributed by atoms with E-state index in [-0.39, 0.29) is 10.6 Å². The average molecular weight is 275 g/mol. The van der Waals surface area contributed by atoms with E-state index in [0.717, 1.165) is 12.5 Å². The molecule has 2 aliphatic carbocycles. The summed E-state index contributed by atoms with van der Waals surface area (Å²) < 4.78 is 0. The highest BCUT2D eigenvalue weighted by Crippen LogP contribution is 2.61. The number of nitro benzene ring substituents is 1. The molecule has 3 rings (SSSR count). The van der Waals surface area contributed by atoms with Crippen molar-refractivity contribution >= 4 is 17.1 Å². The van der Waals surface area contributed by atoms with Crippen molar-refractivity contribution in [1.82, 2.24) is 0 Å². The number of hydrogen-bond acceptors (Lipinski definition) is 4. The van der Waals surface area contributed by atoms with Crippen molar-refractivity contribution in [3.05, 3.63) is 28.3 Å². The predicted molar refractivity (Wildman–Crippen MR) is 80.1 cm³/mol. The maximum Gasteiger partial charge on any atom is 0.315 e. The Kier molecular flexibility index (Phi) is 3.28. The smallest absolute Gasteiger partial charge is 0.315 e. The lowest BCUT2D eigenvalue weighted by Crippen LogP contribution is -2.18. The van der Waals surface area contributed by atoms with Crippen molar-refractivity contribution in [3.63, 3.8) is 0 Å². The van der Waals surface area contributed by atoms with Gasteiger partial charge in [0.25, 0.3) is 0 Å². The van der Waals surface area contributed by atoms with Crippen molar-refractivity contribution in [2.75, 3.05) is 23.7 Å². The summed E-state index contributed by atoms with van der Waals surface area (Å²) in [6, 6.07) is 5.44. The molecule has 5 heteroatoms. The lowest BCUT2D eigenvalue weighted by Gasteiger charge is -2.17. The zero-order valence-electron chi connectivity index (χ0n) is 11.8. The van der Waals surface area contributed by atoms with E-state index < -0.39 is 0 Å². The van der Waals surface area contributed by atoms with Crippen LogP contribution in [0.3, 0.4) is 0 Å². The molecule has 5 nitrogen and oxygen atoms in total. The van der Waals surface area contributed by atoms with Crippen LogP contribution in [0.1, 0.15) is 32.6 Å². The molecule has 0 heterocycles. The van der Waals surface area contributed by atoms with E-state index in [2.05, 4.69) is 10.6 Å². The molecule has 2 fully saturated rings. The van der Waals surface area contributed by atoms with Gasteiger partial charge in [-0.05, 0) is 56.1 Å². The van der Waals surface area contributed by atoms with Crippen molar-refractivity contribution in [2.24, 2.45) is 11.3 Å². The number of nitrogens with zero attached hydrogens (tertiary/aromatic N) is 1. The number of para-hydroxylation sites is 1. The molecule has 2 saturated carbocycles. The highest BCUT2D eigenvalue weighted by Gasteiger charge is 2.53. The summed E-state index contributed by atoms with van der Waals surface area (Å²) in [6.07, 6.45) is 5.21. The molecule has 0 amide bonds. The molecule has 0 saturated heterocycles. The third-order valence-electron chi connectivity index (χ3n) is 4.55.